The van der Waals surface area contributed by atoms with E-state index in [9.17, 15) is 22.8 Å². The highest BCUT2D eigenvalue weighted by Crippen LogP contribution is 2.36. The van der Waals surface area contributed by atoms with Gasteiger partial charge in [0, 0.05) is 49.2 Å². The van der Waals surface area contributed by atoms with Crippen LogP contribution in [0.3, 0.4) is 0 Å². The number of hydrogen-bond acceptors (Lipinski definition) is 4. The zero-order valence-electron chi connectivity index (χ0n) is 20.0. The Hall–Kier alpha value is -2.75. The van der Waals surface area contributed by atoms with E-state index in [-0.39, 0.29) is 37.9 Å². The second-order valence-corrected chi connectivity index (χ2v) is 10.1. The fourth-order valence-electron chi connectivity index (χ4n) is 4.94. The third-order valence-corrected chi connectivity index (χ3v) is 7.05. The fourth-order valence-corrected chi connectivity index (χ4v) is 5.12. The summed E-state index contributed by atoms with van der Waals surface area (Å²) in [5.74, 6) is 0.275. The van der Waals surface area contributed by atoms with Crippen LogP contribution < -0.4 is 4.74 Å². The van der Waals surface area contributed by atoms with Gasteiger partial charge in [-0.25, -0.2) is 0 Å². The van der Waals surface area contributed by atoms with Gasteiger partial charge in [0.2, 0.25) is 11.8 Å². The number of likely N-dealkylation sites (tertiary alicyclic amines) is 2. The van der Waals surface area contributed by atoms with Gasteiger partial charge in [0.15, 0.2) is 5.69 Å². The van der Waals surface area contributed by atoms with E-state index < -0.39 is 17.3 Å². The number of aromatic nitrogens is 2. The Kier molecular flexibility index (Phi) is 8.12. The number of alkyl halides is 3. The number of halogens is 4. The molecule has 36 heavy (non-hydrogen) atoms. The van der Waals surface area contributed by atoms with E-state index in [1.54, 1.807) is 29.2 Å². The molecule has 1 atom stereocenters. The van der Waals surface area contributed by atoms with Gasteiger partial charge in [-0.3, -0.25) is 14.3 Å². The summed E-state index contributed by atoms with van der Waals surface area (Å²) in [6.07, 6.45) is 1.23. The molecule has 2 aromatic rings. The van der Waals surface area contributed by atoms with E-state index >= 15 is 0 Å². The summed E-state index contributed by atoms with van der Waals surface area (Å²) in [7, 11) is 0. The SMILES string of the molecule is O=C(CC1(COc2cccc(Cl)c2)CCCN(C(=O)Cn2ccc(C(F)(F)F)n2)C1)N1CCCCC1. The molecule has 2 saturated heterocycles. The molecule has 4 rings (SSSR count). The topological polar surface area (TPSA) is 67.7 Å². The number of piperidine rings is 2. The second-order valence-electron chi connectivity index (χ2n) is 9.68. The Morgan fingerprint density at radius 3 is 2.47 bits per heavy atom. The monoisotopic (exact) mass is 526 g/mol. The van der Waals surface area contributed by atoms with Crippen molar-refractivity contribution in [3.63, 3.8) is 0 Å². The highest BCUT2D eigenvalue weighted by atomic mass is 35.5. The van der Waals surface area contributed by atoms with Gasteiger partial charge in [-0.1, -0.05) is 17.7 Å². The van der Waals surface area contributed by atoms with Crippen molar-refractivity contribution in [2.24, 2.45) is 5.41 Å². The molecule has 2 aliphatic heterocycles. The van der Waals surface area contributed by atoms with Crippen LogP contribution in [0.1, 0.15) is 44.2 Å². The first-order valence-corrected chi connectivity index (χ1v) is 12.6. The summed E-state index contributed by atoms with van der Waals surface area (Å²) in [4.78, 5) is 29.8. The smallest absolute Gasteiger partial charge is 0.435 e. The van der Waals surface area contributed by atoms with E-state index in [0.717, 1.165) is 49.3 Å². The number of rotatable bonds is 7. The van der Waals surface area contributed by atoms with Crippen LogP contribution in [0.25, 0.3) is 0 Å². The van der Waals surface area contributed by atoms with Gasteiger partial charge >= 0.3 is 6.18 Å². The van der Waals surface area contributed by atoms with Gasteiger partial charge in [0.25, 0.3) is 0 Å². The van der Waals surface area contributed by atoms with Crippen LogP contribution >= 0.6 is 11.6 Å². The van der Waals surface area contributed by atoms with E-state index in [2.05, 4.69) is 5.10 Å². The first-order chi connectivity index (χ1) is 17.1. The highest BCUT2D eigenvalue weighted by Gasteiger charge is 2.41. The van der Waals surface area contributed by atoms with E-state index in [4.69, 9.17) is 16.3 Å². The Balaban J connectivity index is 1.48. The molecule has 2 aliphatic rings. The van der Waals surface area contributed by atoms with Crippen molar-refractivity contribution >= 4 is 23.4 Å². The predicted octanol–water partition coefficient (Wildman–Crippen LogP) is 4.65. The summed E-state index contributed by atoms with van der Waals surface area (Å²) < 4.78 is 45.7. The average molecular weight is 527 g/mol. The molecule has 0 spiro atoms. The van der Waals surface area contributed by atoms with Crippen molar-refractivity contribution in [3.8, 4) is 5.75 Å². The van der Waals surface area contributed by atoms with Crippen LogP contribution in [0.15, 0.2) is 36.5 Å². The number of ether oxygens (including phenoxy) is 1. The lowest BCUT2D eigenvalue weighted by Crippen LogP contribution is -2.52. The van der Waals surface area contributed by atoms with Crippen LogP contribution in [0, 0.1) is 5.41 Å². The number of hydrogen-bond donors (Lipinski definition) is 0. The molecule has 2 fully saturated rings. The maximum atomic E-state index is 13.2. The van der Waals surface area contributed by atoms with Gasteiger partial charge in [-0.2, -0.15) is 18.3 Å². The molecule has 0 N–H and O–H groups in total. The summed E-state index contributed by atoms with van der Waals surface area (Å²) in [6, 6.07) is 7.85. The zero-order valence-corrected chi connectivity index (χ0v) is 20.7. The molecule has 0 radical (unpaired) electrons. The van der Waals surface area contributed by atoms with Crippen LogP contribution in [0.5, 0.6) is 5.75 Å². The molecule has 1 aromatic carbocycles. The maximum Gasteiger partial charge on any atom is 0.435 e. The predicted molar refractivity (Wildman–Crippen MR) is 127 cm³/mol. The lowest BCUT2D eigenvalue weighted by atomic mass is 9.77. The van der Waals surface area contributed by atoms with Gasteiger partial charge in [0.05, 0.1) is 6.61 Å². The van der Waals surface area contributed by atoms with Crippen molar-refractivity contribution in [2.45, 2.75) is 51.2 Å². The van der Waals surface area contributed by atoms with Crippen LogP contribution in [-0.4, -0.2) is 64.2 Å². The van der Waals surface area contributed by atoms with Gasteiger partial charge < -0.3 is 14.5 Å². The molecule has 3 heterocycles. The van der Waals surface area contributed by atoms with Gasteiger partial charge in [0.1, 0.15) is 12.3 Å². The zero-order chi connectivity index (χ0) is 25.8. The Morgan fingerprint density at radius 2 is 1.78 bits per heavy atom. The number of carbonyl (C=O) groups excluding carboxylic acids is 2. The minimum Gasteiger partial charge on any atom is -0.493 e. The number of nitrogens with zero attached hydrogens (tertiary/aromatic N) is 4. The largest absolute Gasteiger partial charge is 0.493 e. The molecule has 2 amide bonds. The number of amides is 2. The molecule has 196 valence electrons. The molecule has 1 unspecified atom stereocenters. The highest BCUT2D eigenvalue weighted by molar-refractivity contribution is 6.30. The third kappa shape index (κ3) is 6.72. The summed E-state index contributed by atoms with van der Waals surface area (Å²) in [5.41, 5.74) is -1.66. The summed E-state index contributed by atoms with van der Waals surface area (Å²) >= 11 is 6.09. The minimum atomic E-state index is -4.57. The number of benzene rings is 1. The molecule has 11 heteroatoms. The van der Waals surface area contributed by atoms with Crippen molar-refractivity contribution in [3.05, 3.63) is 47.2 Å². The lowest BCUT2D eigenvalue weighted by Gasteiger charge is -2.43. The molecule has 7 nitrogen and oxygen atoms in total. The molecule has 1 aromatic heterocycles. The lowest BCUT2D eigenvalue weighted by molar-refractivity contribution is -0.143. The first kappa shape index (κ1) is 26.3. The quantitative estimate of drug-likeness (QED) is 0.527. The van der Waals surface area contributed by atoms with Crippen LogP contribution in [0.2, 0.25) is 5.02 Å². The Morgan fingerprint density at radius 1 is 1.03 bits per heavy atom. The Labute approximate surface area is 213 Å². The fraction of sp³-hybridized carbons (Fsp3) is 0.560. The van der Waals surface area contributed by atoms with E-state index in [0.29, 0.717) is 30.2 Å². The molecular weight excluding hydrogens is 497 g/mol. The first-order valence-electron chi connectivity index (χ1n) is 12.2. The standard InChI is InChI=1S/C25H30ClF3N4O3/c26-19-6-4-7-20(14-19)36-18-24(15-22(34)31-10-2-1-3-11-31)9-5-12-32(17-24)23(35)16-33-13-8-21(30-33)25(27,28)29/h4,6-8,13-14H,1-3,5,9-12,15-18H2. The van der Waals surface area contributed by atoms with Crippen LogP contribution in [-0.2, 0) is 22.3 Å². The minimum absolute atomic E-state index is 0.0422. The number of carbonyl (C=O) groups is 2. The van der Waals surface area contributed by atoms with Crippen molar-refractivity contribution < 1.29 is 27.5 Å². The van der Waals surface area contributed by atoms with E-state index in [1.807, 2.05) is 4.90 Å². The Bertz CT molecular complexity index is 1070. The van der Waals surface area contributed by atoms with Crippen molar-refractivity contribution in [2.75, 3.05) is 32.8 Å². The van der Waals surface area contributed by atoms with Crippen molar-refractivity contribution in [1.29, 1.82) is 0 Å². The maximum absolute atomic E-state index is 13.2. The van der Waals surface area contributed by atoms with Crippen LogP contribution in [0.4, 0.5) is 13.2 Å². The molecule has 0 saturated carbocycles. The molecule has 0 aliphatic carbocycles. The normalized spacial score (nSPS) is 20.9. The molecular formula is C25H30ClF3N4O3. The third-order valence-electron chi connectivity index (χ3n) is 6.82. The van der Waals surface area contributed by atoms with E-state index in [1.165, 1.54) is 0 Å². The average Bonchev–Trinajstić information content (AvgIpc) is 3.33. The second kappa shape index (κ2) is 11.1. The van der Waals surface area contributed by atoms with Gasteiger partial charge in [-0.15, -0.1) is 0 Å². The summed E-state index contributed by atoms with van der Waals surface area (Å²) in [5, 5.41) is 4.02. The molecule has 0 bridgehead atoms. The van der Waals surface area contributed by atoms with Crippen molar-refractivity contribution in [1.82, 2.24) is 19.6 Å². The summed E-state index contributed by atoms with van der Waals surface area (Å²) in [6.45, 7) is 2.11. The van der Waals surface area contributed by atoms with Gasteiger partial charge in [-0.05, 0) is 56.4 Å².